The van der Waals surface area contributed by atoms with Gasteiger partial charge < -0.3 is 10.0 Å². The fourth-order valence-electron chi connectivity index (χ4n) is 4.03. The molecule has 1 N–H and O–H groups in total. The standard InChI is InChI=1S/C29H34F3NO3/c1-3-5-6-7-8-9-10-11-12-22-13-15-23(16-14-22)21-33(27(34)28(35)36)26(4-2)24-17-19-25(20-18-24)29(30,31)32/h13-20,26H,3-10,21H2,1-2H3,(H,35,36). The molecular weight excluding hydrogens is 467 g/mol. The summed E-state index contributed by atoms with van der Waals surface area (Å²) in [6.07, 6.45) is 3.96. The lowest BCUT2D eigenvalue weighted by molar-refractivity contribution is -0.157. The molecule has 0 saturated heterocycles. The fraction of sp³-hybridized carbons (Fsp3) is 0.448. The minimum absolute atomic E-state index is 0.0101. The highest BCUT2D eigenvalue weighted by Crippen LogP contribution is 2.32. The molecule has 0 radical (unpaired) electrons. The Morgan fingerprint density at radius 3 is 2.08 bits per heavy atom. The number of hydrogen-bond donors (Lipinski definition) is 1. The van der Waals surface area contributed by atoms with Crippen molar-refractivity contribution in [3.05, 3.63) is 70.8 Å². The maximum atomic E-state index is 12.9. The molecule has 0 heterocycles. The van der Waals surface area contributed by atoms with Gasteiger partial charge in [0.25, 0.3) is 0 Å². The van der Waals surface area contributed by atoms with E-state index in [1.807, 2.05) is 12.1 Å². The van der Waals surface area contributed by atoms with E-state index in [1.165, 1.54) is 49.1 Å². The number of amides is 1. The molecule has 0 aliphatic rings. The Kier molecular flexibility index (Phi) is 11.5. The van der Waals surface area contributed by atoms with Crippen LogP contribution in [-0.2, 0) is 22.3 Å². The highest BCUT2D eigenvalue weighted by molar-refractivity contribution is 6.31. The first-order valence-electron chi connectivity index (χ1n) is 12.5. The molecule has 2 aromatic rings. The number of aliphatic carboxylic acids is 1. The first kappa shape index (κ1) is 29.0. The minimum atomic E-state index is -4.48. The summed E-state index contributed by atoms with van der Waals surface area (Å²) < 4.78 is 38.8. The number of alkyl halides is 3. The number of carboxylic acids is 1. The molecule has 0 aliphatic carbocycles. The Morgan fingerprint density at radius 1 is 0.917 bits per heavy atom. The first-order chi connectivity index (χ1) is 17.2. The average Bonchev–Trinajstić information content (AvgIpc) is 2.85. The van der Waals surface area contributed by atoms with Gasteiger partial charge in [-0.25, -0.2) is 4.79 Å². The van der Waals surface area contributed by atoms with E-state index in [9.17, 15) is 27.9 Å². The minimum Gasteiger partial charge on any atom is -0.474 e. The molecule has 1 atom stereocenters. The zero-order valence-electron chi connectivity index (χ0n) is 20.9. The summed E-state index contributed by atoms with van der Waals surface area (Å²) in [5.41, 5.74) is 1.18. The lowest BCUT2D eigenvalue weighted by Gasteiger charge is -2.30. The largest absolute Gasteiger partial charge is 0.474 e. The molecule has 194 valence electrons. The maximum Gasteiger partial charge on any atom is 0.416 e. The highest BCUT2D eigenvalue weighted by Gasteiger charge is 2.32. The number of halogens is 3. The number of benzene rings is 2. The van der Waals surface area contributed by atoms with Crippen LogP contribution >= 0.6 is 0 Å². The van der Waals surface area contributed by atoms with Crippen LogP contribution in [0.15, 0.2) is 48.5 Å². The third-order valence-corrected chi connectivity index (χ3v) is 6.02. The van der Waals surface area contributed by atoms with Crippen molar-refractivity contribution < 1.29 is 27.9 Å². The number of hydrogen-bond acceptors (Lipinski definition) is 2. The summed E-state index contributed by atoms with van der Waals surface area (Å²) >= 11 is 0. The van der Waals surface area contributed by atoms with E-state index in [0.29, 0.717) is 17.5 Å². The summed E-state index contributed by atoms with van der Waals surface area (Å²) in [5, 5.41) is 9.36. The van der Waals surface area contributed by atoms with Crippen LogP contribution in [0.2, 0.25) is 0 Å². The van der Waals surface area contributed by atoms with Crippen molar-refractivity contribution in [2.75, 3.05) is 0 Å². The number of unbranched alkanes of at least 4 members (excludes halogenated alkanes) is 6. The third-order valence-electron chi connectivity index (χ3n) is 6.02. The van der Waals surface area contributed by atoms with Gasteiger partial charge in [0.1, 0.15) is 0 Å². The Morgan fingerprint density at radius 2 is 1.53 bits per heavy atom. The monoisotopic (exact) mass is 501 g/mol. The summed E-state index contributed by atoms with van der Waals surface area (Å²) in [6, 6.07) is 11.0. The van der Waals surface area contributed by atoms with Crippen molar-refractivity contribution in [1.29, 1.82) is 0 Å². The van der Waals surface area contributed by atoms with Crippen molar-refractivity contribution in [2.24, 2.45) is 0 Å². The molecule has 7 heteroatoms. The summed E-state index contributed by atoms with van der Waals surface area (Å²) in [7, 11) is 0. The van der Waals surface area contributed by atoms with Crippen LogP contribution in [0.4, 0.5) is 13.2 Å². The van der Waals surface area contributed by atoms with E-state index in [1.54, 1.807) is 19.1 Å². The van der Waals surface area contributed by atoms with Gasteiger partial charge in [-0.2, -0.15) is 13.2 Å². The average molecular weight is 502 g/mol. The maximum absolute atomic E-state index is 12.9. The van der Waals surface area contributed by atoms with Crippen molar-refractivity contribution in [1.82, 2.24) is 4.90 Å². The predicted octanol–water partition coefficient (Wildman–Crippen LogP) is 7.37. The number of nitrogens with zero attached hydrogens (tertiary/aromatic N) is 1. The van der Waals surface area contributed by atoms with Crippen molar-refractivity contribution in [2.45, 2.75) is 84.0 Å². The lowest BCUT2D eigenvalue weighted by atomic mass is 9.99. The van der Waals surface area contributed by atoms with Gasteiger partial charge in [0.2, 0.25) is 0 Å². The van der Waals surface area contributed by atoms with Crippen LogP contribution < -0.4 is 0 Å². The Bertz CT molecular complexity index is 1030. The van der Waals surface area contributed by atoms with Gasteiger partial charge >= 0.3 is 18.1 Å². The Balaban J connectivity index is 2.10. The summed E-state index contributed by atoms with van der Waals surface area (Å²) in [5.74, 6) is 3.59. The van der Waals surface area contributed by atoms with Gasteiger partial charge in [0.15, 0.2) is 0 Å². The number of carboxylic acid groups (broad SMARTS) is 1. The van der Waals surface area contributed by atoms with Crippen molar-refractivity contribution in [3.63, 3.8) is 0 Å². The molecule has 0 bridgehead atoms. The molecule has 0 aromatic heterocycles. The van der Waals surface area contributed by atoms with Crippen LogP contribution in [0, 0.1) is 11.8 Å². The molecule has 2 rings (SSSR count). The normalized spacial score (nSPS) is 11.9. The van der Waals surface area contributed by atoms with Gasteiger partial charge in [0, 0.05) is 18.5 Å². The van der Waals surface area contributed by atoms with Gasteiger partial charge in [-0.15, -0.1) is 0 Å². The molecule has 36 heavy (non-hydrogen) atoms. The van der Waals surface area contributed by atoms with Gasteiger partial charge in [0.05, 0.1) is 11.6 Å². The van der Waals surface area contributed by atoms with Gasteiger partial charge in [-0.1, -0.05) is 82.1 Å². The first-order valence-corrected chi connectivity index (χ1v) is 12.5. The molecule has 1 amide bonds. The topological polar surface area (TPSA) is 57.6 Å². The Hall–Kier alpha value is -3.27. The molecule has 0 spiro atoms. The smallest absolute Gasteiger partial charge is 0.416 e. The molecule has 4 nitrogen and oxygen atoms in total. The molecule has 0 saturated carbocycles. The number of carbonyl (C=O) groups excluding carboxylic acids is 1. The highest BCUT2D eigenvalue weighted by atomic mass is 19.4. The SMILES string of the molecule is CCCCCCCCC#Cc1ccc(CN(C(=O)C(=O)O)C(CC)c2ccc(C(F)(F)F)cc2)cc1. The van der Waals surface area contributed by atoms with Gasteiger partial charge in [-0.05, 0) is 48.2 Å². The third kappa shape index (κ3) is 9.07. The number of rotatable bonds is 11. The predicted molar refractivity (Wildman–Crippen MR) is 134 cm³/mol. The van der Waals surface area contributed by atoms with Crippen LogP contribution in [-0.4, -0.2) is 21.9 Å². The molecule has 0 aliphatic heterocycles. The van der Waals surface area contributed by atoms with Crippen LogP contribution in [0.25, 0.3) is 0 Å². The van der Waals surface area contributed by atoms with Crippen LogP contribution in [0.1, 0.15) is 93.5 Å². The fourth-order valence-corrected chi connectivity index (χ4v) is 4.03. The van der Waals surface area contributed by atoms with E-state index in [0.717, 1.165) is 30.5 Å². The molecule has 1 unspecified atom stereocenters. The molecule has 0 fully saturated rings. The van der Waals surface area contributed by atoms with E-state index >= 15 is 0 Å². The second kappa shape index (κ2) is 14.3. The van der Waals surface area contributed by atoms with E-state index in [4.69, 9.17) is 0 Å². The zero-order chi connectivity index (χ0) is 26.6. The number of carbonyl (C=O) groups is 2. The van der Waals surface area contributed by atoms with Gasteiger partial charge in [-0.3, -0.25) is 4.79 Å². The lowest BCUT2D eigenvalue weighted by Crippen LogP contribution is -2.38. The molecule has 2 aromatic carbocycles. The Labute approximate surface area is 211 Å². The summed E-state index contributed by atoms with van der Waals surface area (Å²) in [4.78, 5) is 25.2. The summed E-state index contributed by atoms with van der Waals surface area (Å²) in [6.45, 7) is 3.96. The van der Waals surface area contributed by atoms with Crippen molar-refractivity contribution >= 4 is 11.9 Å². The van der Waals surface area contributed by atoms with E-state index in [2.05, 4.69) is 18.8 Å². The van der Waals surface area contributed by atoms with E-state index in [-0.39, 0.29) is 6.54 Å². The second-order valence-electron chi connectivity index (χ2n) is 8.80. The van der Waals surface area contributed by atoms with Crippen LogP contribution in [0.5, 0.6) is 0 Å². The second-order valence-corrected chi connectivity index (χ2v) is 8.80. The van der Waals surface area contributed by atoms with E-state index < -0.39 is 29.7 Å². The molecular formula is C29H34F3NO3. The zero-order valence-corrected chi connectivity index (χ0v) is 20.9. The van der Waals surface area contributed by atoms with Crippen LogP contribution in [0.3, 0.4) is 0 Å². The quantitative estimate of drug-likeness (QED) is 0.199. The van der Waals surface area contributed by atoms with Crippen molar-refractivity contribution in [3.8, 4) is 11.8 Å².